The van der Waals surface area contributed by atoms with Crippen molar-refractivity contribution in [2.75, 3.05) is 19.1 Å². The fourth-order valence-electron chi connectivity index (χ4n) is 1.16. The summed E-state index contributed by atoms with van der Waals surface area (Å²) in [6.07, 6.45) is 5.35. The molecule has 0 aromatic heterocycles. The molecule has 0 aliphatic carbocycles. The molecule has 13 heavy (non-hydrogen) atoms. The van der Waals surface area contributed by atoms with Gasteiger partial charge in [0.25, 0.3) is 0 Å². The highest BCUT2D eigenvalue weighted by Gasteiger charge is 2.02. The SMILES string of the molecule is CCCCCCC(O)COCCCl. The van der Waals surface area contributed by atoms with E-state index in [1.54, 1.807) is 0 Å². The number of rotatable bonds is 9. The van der Waals surface area contributed by atoms with Crippen LogP contribution >= 0.6 is 11.6 Å². The Morgan fingerprint density at radius 1 is 1.31 bits per heavy atom. The van der Waals surface area contributed by atoms with Gasteiger partial charge in [-0.05, 0) is 6.42 Å². The minimum Gasteiger partial charge on any atom is -0.391 e. The van der Waals surface area contributed by atoms with Crippen molar-refractivity contribution >= 4 is 11.6 Å². The van der Waals surface area contributed by atoms with Gasteiger partial charge in [0, 0.05) is 5.88 Å². The van der Waals surface area contributed by atoms with Crippen molar-refractivity contribution in [2.45, 2.75) is 45.1 Å². The number of hydrogen-bond donors (Lipinski definition) is 1. The van der Waals surface area contributed by atoms with Gasteiger partial charge >= 0.3 is 0 Å². The van der Waals surface area contributed by atoms with E-state index in [9.17, 15) is 5.11 Å². The number of aliphatic hydroxyl groups is 1. The van der Waals surface area contributed by atoms with Crippen molar-refractivity contribution in [3.8, 4) is 0 Å². The summed E-state index contributed by atoms with van der Waals surface area (Å²) >= 11 is 5.42. The highest BCUT2D eigenvalue weighted by molar-refractivity contribution is 6.17. The van der Waals surface area contributed by atoms with Gasteiger partial charge in [0.05, 0.1) is 19.3 Å². The quantitative estimate of drug-likeness (QED) is 0.466. The van der Waals surface area contributed by atoms with Gasteiger partial charge in [-0.3, -0.25) is 0 Å². The van der Waals surface area contributed by atoms with Crippen LogP contribution in [-0.2, 0) is 4.74 Å². The van der Waals surface area contributed by atoms with Crippen LogP contribution in [0, 0.1) is 0 Å². The first-order valence-corrected chi connectivity index (χ1v) is 5.66. The summed E-state index contributed by atoms with van der Waals surface area (Å²) in [4.78, 5) is 0. The monoisotopic (exact) mass is 208 g/mol. The lowest BCUT2D eigenvalue weighted by atomic mass is 10.1. The Hall–Kier alpha value is 0.210. The molecule has 0 rings (SSSR count). The van der Waals surface area contributed by atoms with E-state index in [2.05, 4.69) is 6.92 Å². The van der Waals surface area contributed by atoms with Crippen LogP contribution < -0.4 is 0 Å². The molecule has 80 valence electrons. The van der Waals surface area contributed by atoms with Gasteiger partial charge in [-0.1, -0.05) is 32.6 Å². The molecule has 0 saturated carbocycles. The molecule has 0 radical (unpaired) electrons. The summed E-state index contributed by atoms with van der Waals surface area (Å²) in [7, 11) is 0. The molecule has 0 aromatic carbocycles. The van der Waals surface area contributed by atoms with E-state index in [4.69, 9.17) is 16.3 Å². The number of aliphatic hydroxyl groups excluding tert-OH is 1. The van der Waals surface area contributed by atoms with Crippen molar-refractivity contribution in [1.82, 2.24) is 0 Å². The Morgan fingerprint density at radius 3 is 2.69 bits per heavy atom. The van der Waals surface area contributed by atoms with Crippen LogP contribution in [0.2, 0.25) is 0 Å². The van der Waals surface area contributed by atoms with Gasteiger partial charge in [0.2, 0.25) is 0 Å². The van der Waals surface area contributed by atoms with Gasteiger partial charge in [-0.2, -0.15) is 0 Å². The number of ether oxygens (including phenoxy) is 1. The lowest BCUT2D eigenvalue weighted by molar-refractivity contribution is 0.0376. The van der Waals surface area contributed by atoms with Gasteiger partial charge in [0.1, 0.15) is 0 Å². The first-order chi connectivity index (χ1) is 6.31. The van der Waals surface area contributed by atoms with Gasteiger partial charge < -0.3 is 9.84 Å². The first kappa shape index (κ1) is 13.2. The van der Waals surface area contributed by atoms with E-state index in [1.165, 1.54) is 19.3 Å². The lowest BCUT2D eigenvalue weighted by Crippen LogP contribution is -2.15. The number of halogens is 1. The zero-order valence-electron chi connectivity index (χ0n) is 8.47. The van der Waals surface area contributed by atoms with Crippen LogP contribution in [-0.4, -0.2) is 30.3 Å². The van der Waals surface area contributed by atoms with E-state index in [1.807, 2.05) is 0 Å². The molecule has 1 N–H and O–H groups in total. The molecule has 0 aromatic rings. The minimum absolute atomic E-state index is 0.305. The smallest absolute Gasteiger partial charge is 0.0773 e. The molecule has 0 spiro atoms. The van der Waals surface area contributed by atoms with E-state index in [0.29, 0.717) is 19.1 Å². The van der Waals surface area contributed by atoms with Crippen LogP contribution in [0.3, 0.4) is 0 Å². The third kappa shape index (κ3) is 10.1. The Labute approximate surface area is 86.2 Å². The van der Waals surface area contributed by atoms with E-state index in [0.717, 1.165) is 12.8 Å². The molecular formula is C10H21ClO2. The predicted octanol–water partition coefficient (Wildman–Crippen LogP) is 2.57. The zero-order chi connectivity index (χ0) is 9.94. The third-order valence-electron chi connectivity index (χ3n) is 1.92. The maximum atomic E-state index is 9.41. The molecule has 0 heterocycles. The summed E-state index contributed by atoms with van der Waals surface area (Å²) in [5.74, 6) is 0.503. The predicted molar refractivity (Wildman–Crippen MR) is 56.3 cm³/mol. The zero-order valence-corrected chi connectivity index (χ0v) is 9.22. The Morgan fingerprint density at radius 2 is 2.08 bits per heavy atom. The maximum Gasteiger partial charge on any atom is 0.0773 e. The van der Waals surface area contributed by atoms with Crippen molar-refractivity contribution in [3.63, 3.8) is 0 Å². The van der Waals surface area contributed by atoms with Crippen LogP contribution in [0.5, 0.6) is 0 Å². The largest absolute Gasteiger partial charge is 0.391 e. The van der Waals surface area contributed by atoms with Gasteiger partial charge in [-0.15, -0.1) is 11.6 Å². The topological polar surface area (TPSA) is 29.5 Å². The molecule has 0 fully saturated rings. The highest BCUT2D eigenvalue weighted by Crippen LogP contribution is 2.05. The van der Waals surface area contributed by atoms with Crippen molar-refractivity contribution < 1.29 is 9.84 Å². The summed E-state index contributed by atoms with van der Waals surface area (Å²) in [5, 5.41) is 9.41. The Kier molecular flexibility index (Phi) is 10.5. The molecule has 0 saturated heterocycles. The molecule has 1 unspecified atom stereocenters. The Balaban J connectivity index is 3.05. The lowest BCUT2D eigenvalue weighted by Gasteiger charge is -2.09. The number of hydrogen-bond acceptors (Lipinski definition) is 2. The van der Waals surface area contributed by atoms with Crippen LogP contribution in [0.1, 0.15) is 39.0 Å². The fourth-order valence-corrected chi connectivity index (χ4v) is 1.27. The van der Waals surface area contributed by atoms with E-state index < -0.39 is 0 Å². The van der Waals surface area contributed by atoms with E-state index >= 15 is 0 Å². The molecule has 0 bridgehead atoms. The summed E-state index contributed by atoms with van der Waals surface area (Å²) in [6, 6.07) is 0. The van der Waals surface area contributed by atoms with Crippen molar-refractivity contribution in [2.24, 2.45) is 0 Å². The van der Waals surface area contributed by atoms with Crippen molar-refractivity contribution in [1.29, 1.82) is 0 Å². The summed E-state index contributed by atoms with van der Waals surface area (Å²) in [5.41, 5.74) is 0. The highest BCUT2D eigenvalue weighted by atomic mass is 35.5. The van der Waals surface area contributed by atoms with Crippen LogP contribution in [0.15, 0.2) is 0 Å². The maximum absolute atomic E-state index is 9.41. The molecule has 3 heteroatoms. The molecular weight excluding hydrogens is 188 g/mol. The third-order valence-corrected chi connectivity index (χ3v) is 2.08. The average molecular weight is 209 g/mol. The second-order valence-electron chi connectivity index (χ2n) is 3.27. The Bertz CT molecular complexity index is 98.9. The second kappa shape index (κ2) is 10.3. The molecule has 2 nitrogen and oxygen atoms in total. The molecule has 0 amide bonds. The molecule has 1 atom stereocenters. The second-order valence-corrected chi connectivity index (χ2v) is 3.65. The normalized spacial score (nSPS) is 13.2. The fraction of sp³-hybridized carbons (Fsp3) is 1.00. The summed E-state index contributed by atoms with van der Waals surface area (Å²) in [6.45, 7) is 3.15. The minimum atomic E-state index is -0.305. The molecule has 0 aliphatic rings. The molecule has 0 aliphatic heterocycles. The van der Waals surface area contributed by atoms with Crippen molar-refractivity contribution in [3.05, 3.63) is 0 Å². The van der Waals surface area contributed by atoms with E-state index in [-0.39, 0.29) is 6.10 Å². The van der Waals surface area contributed by atoms with Gasteiger partial charge in [-0.25, -0.2) is 0 Å². The average Bonchev–Trinajstić information content (AvgIpc) is 2.13. The van der Waals surface area contributed by atoms with Crippen LogP contribution in [0.4, 0.5) is 0 Å². The standard InChI is InChI=1S/C10H21ClO2/c1-2-3-4-5-6-10(12)9-13-8-7-11/h10,12H,2-9H2,1H3. The first-order valence-electron chi connectivity index (χ1n) is 5.13. The number of unbranched alkanes of at least 4 members (excludes halogenated alkanes) is 3. The number of alkyl halides is 1. The van der Waals surface area contributed by atoms with Crippen LogP contribution in [0.25, 0.3) is 0 Å². The van der Waals surface area contributed by atoms with Gasteiger partial charge in [0.15, 0.2) is 0 Å². The summed E-state index contributed by atoms with van der Waals surface area (Å²) < 4.78 is 5.12.